The van der Waals surface area contributed by atoms with Crippen LogP contribution in [0.15, 0.2) is 0 Å². The Bertz CT molecular complexity index is 1830. The molecule has 0 aromatic carbocycles. The molecule has 10 fully saturated rings. The van der Waals surface area contributed by atoms with Crippen LogP contribution < -0.4 is 0 Å². The first-order valence-corrected chi connectivity index (χ1v) is 26.5. The topological polar surface area (TPSA) is 315 Å². The van der Waals surface area contributed by atoms with Crippen LogP contribution in [0.3, 0.4) is 0 Å². The molecular weight excluding hydrogens is 937 g/mol. The van der Waals surface area contributed by atoms with E-state index < -0.39 is 142 Å². The Morgan fingerprint density at radius 3 is 1.86 bits per heavy atom. The quantitative estimate of drug-likeness (QED) is 0.114. The van der Waals surface area contributed by atoms with Crippen molar-refractivity contribution in [3.63, 3.8) is 0 Å². The molecule has 6 heterocycles. The average Bonchev–Trinajstić information content (AvgIpc) is 3.80. The minimum absolute atomic E-state index is 0.00533. The summed E-state index contributed by atoms with van der Waals surface area (Å²) in [6, 6.07) is 0. The minimum atomic E-state index is -1.88. The van der Waals surface area contributed by atoms with Crippen LogP contribution in [-0.2, 0) is 47.4 Å². The molecule has 21 heteroatoms. The van der Waals surface area contributed by atoms with Crippen LogP contribution >= 0.6 is 0 Å². The second-order valence-corrected chi connectivity index (χ2v) is 24.2. The summed E-state index contributed by atoms with van der Waals surface area (Å²) < 4.78 is 62.2. The Kier molecular flexibility index (Phi) is 15.2. The molecule has 408 valence electrons. The van der Waals surface area contributed by atoms with Gasteiger partial charge in [0.05, 0.1) is 45.2 Å². The molecule has 6 aliphatic heterocycles. The minimum Gasteiger partial charge on any atom is -0.394 e. The van der Waals surface area contributed by atoms with E-state index in [1.165, 1.54) is 0 Å². The van der Waals surface area contributed by atoms with Gasteiger partial charge in [-0.25, -0.2) is 0 Å². The number of aliphatic hydroxyl groups is 11. The molecule has 4 aliphatic carbocycles. The van der Waals surface area contributed by atoms with Gasteiger partial charge in [-0.1, -0.05) is 34.6 Å². The molecule has 0 bridgehead atoms. The summed E-state index contributed by atoms with van der Waals surface area (Å²) in [6.45, 7) is 10.8. The SMILES string of the molecule is CC1CCC2(OC1)OC1CC3C(C)(CCC4C5(C)CCC(OC6OC(COC7OCC(O)C(O)C7O)C(OC7OCC(O)C(O)C7O)C(O)C6OC6OC(CO)C(O)C(O)C6O)CC5CCC43C)C1C2C. The van der Waals surface area contributed by atoms with Gasteiger partial charge in [0.1, 0.15) is 85.5 Å². The fourth-order valence-corrected chi connectivity index (χ4v) is 16.2. The zero-order valence-corrected chi connectivity index (χ0v) is 41.6. The third-order valence-corrected chi connectivity index (χ3v) is 20.2. The van der Waals surface area contributed by atoms with E-state index in [4.69, 9.17) is 47.4 Å². The monoisotopic (exact) mass is 1020 g/mol. The maximum absolute atomic E-state index is 12.4. The van der Waals surface area contributed by atoms with E-state index in [1.54, 1.807) is 0 Å². The summed E-state index contributed by atoms with van der Waals surface area (Å²) >= 11 is 0. The number of fused-ring (bicyclic) bond motifs is 7. The molecule has 0 aromatic heterocycles. The molecule has 0 radical (unpaired) electrons. The predicted molar refractivity (Wildman–Crippen MR) is 241 cm³/mol. The van der Waals surface area contributed by atoms with E-state index in [1.807, 2.05) is 0 Å². The molecule has 0 aromatic rings. The molecule has 10 aliphatic rings. The predicted octanol–water partition coefficient (Wildman–Crippen LogP) is -1.24. The Morgan fingerprint density at radius 1 is 0.535 bits per heavy atom. The van der Waals surface area contributed by atoms with Crippen LogP contribution in [0.5, 0.6) is 0 Å². The van der Waals surface area contributed by atoms with E-state index in [9.17, 15) is 56.2 Å². The van der Waals surface area contributed by atoms with Crippen LogP contribution in [0.25, 0.3) is 0 Å². The van der Waals surface area contributed by atoms with Crippen molar-refractivity contribution in [1.29, 1.82) is 0 Å². The third kappa shape index (κ3) is 9.10. The lowest BCUT2D eigenvalue weighted by Gasteiger charge is -2.66. The number of hydrogen-bond acceptors (Lipinski definition) is 21. The lowest BCUT2D eigenvalue weighted by molar-refractivity contribution is -0.391. The Balaban J connectivity index is 0.887. The summed E-state index contributed by atoms with van der Waals surface area (Å²) in [7, 11) is 0. The van der Waals surface area contributed by atoms with Crippen LogP contribution in [0, 0.1) is 51.8 Å². The number of ether oxygens (including phenoxy) is 10. The first-order chi connectivity index (χ1) is 33.6. The van der Waals surface area contributed by atoms with Gasteiger partial charge in [-0.2, -0.15) is 0 Å². The normalized spacial score (nSPS) is 58.5. The van der Waals surface area contributed by atoms with Gasteiger partial charge in [0.2, 0.25) is 0 Å². The molecule has 21 nitrogen and oxygen atoms in total. The molecule has 1 spiro atoms. The molecule has 0 amide bonds. The molecule has 30 unspecified atom stereocenters. The average molecular weight is 1020 g/mol. The highest BCUT2D eigenvalue weighted by Crippen LogP contribution is 2.75. The molecule has 30 atom stereocenters. The first-order valence-electron chi connectivity index (χ1n) is 26.5. The van der Waals surface area contributed by atoms with Gasteiger partial charge < -0.3 is 104 Å². The van der Waals surface area contributed by atoms with Crippen molar-refractivity contribution < 1.29 is 104 Å². The van der Waals surface area contributed by atoms with Gasteiger partial charge in [0, 0.05) is 12.3 Å². The van der Waals surface area contributed by atoms with Crippen molar-refractivity contribution in [2.24, 2.45) is 51.8 Å². The summed E-state index contributed by atoms with van der Waals surface area (Å²) in [6.07, 6.45) is -19.9. The zero-order chi connectivity index (χ0) is 50.7. The smallest absolute Gasteiger partial charge is 0.187 e. The van der Waals surface area contributed by atoms with E-state index in [-0.39, 0.29) is 34.9 Å². The molecule has 4 saturated carbocycles. The lowest BCUT2D eigenvalue weighted by atomic mass is 9.39. The number of hydrogen-bond donors (Lipinski definition) is 11. The maximum atomic E-state index is 12.4. The van der Waals surface area contributed by atoms with Gasteiger partial charge in [-0.05, 0) is 104 Å². The summed E-state index contributed by atoms with van der Waals surface area (Å²) in [5, 5.41) is 118. The van der Waals surface area contributed by atoms with E-state index in [0.29, 0.717) is 42.4 Å². The lowest BCUT2D eigenvalue weighted by Crippen LogP contribution is -2.67. The first kappa shape index (κ1) is 53.6. The van der Waals surface area contributed by atoms with Crippen molar-refractivity contribution >= 4 is 0 Å². The van der Waals surface area contributed by atoms with Gasteiger partial charge in [-0.15, -0.1) is 0 Å². The molecule has 10 rings (SSSR count). The number of aliphatic hydroxyl groups excluding tert-OH is 11. The van der Waals surface area contributed by atoms with Crippen LogP contribution in [-0.4, -0.2) is 218 Å². The van der Waals surface area contributed by atoms with E-state index >= 15 is 0 Å². The fraction of sp³-hybridized carbons (Fsp3) is 1.00. The van der Waals surface area contributed by atoms with E-state index in [2.05, 4.69) is 34.6 Å². The zero-order valence-electron chi connectivity index (χ0n) is 41.6. The fourth-order valence-electron chi connectivity index (χ4n) is 16.2. The highest BCUT2D eigenvalue weighted by Gasteiger charge is 2.72. The molecule has 11 N–H and O–H groups in total. The highest BCUT2D eigenvalue weighted by molar-refractivity contribution is 5.19. The van der Waals surface area contributed by atoms with Crippen molar-refractivity contribution in [2.75, 3.05) is 33.0 Å². The standard InChI is InChI=1S/C50H82O21/c1-21-6-13-50(65-17-21)22(2)32-27(71-50)15-31-48(4)10-7-23-14-24(8-11-47(23,3)30(48)9-12-49(31,32)5)66-46-42(70-45-39(60)36(57)35(56)28(16-51)67-45)40(61)41(69-44-38(59)34(55)26(53)19-63-44)29(68-46)20-64-43-37(58)33(54)25(52)18-62-43/h21-46,51-61H,6-20H2,1-5H3. The van der Waals surface area contributed by atoms with Gasteiger partial charge in [0.25, 0.3) is 0 Å². The Hall–Kier alpha value is -0.840. The third-order valence-electron chi connectivity index (χ3n) is 20.2. The Morgan fingerprint density at radius 2 is 1.17 bits per heavy atom. The van der Waals surface area contributed by atoms with Crippen molar-refractivity contribution in [3.05, 3.63) is 0 Å². The van der Waals surface area contributed by atoms with Crippen LogP contribution in [0.2, 0.25) is 0 Å². The van der Waals surface area contributed by atoms with Crippen LogP contribution in [0.4, 0.5) is 0 Å². The maximum Gasteiger partial charge on any atom is 0.187 e. The summed E-state index contributed by atoms with van der Waals surface area (Å²) in [5.74, 6) is 2.06. The Labute approximate surface area is 414 Å². The van der Waals surface area contributed by atoms with Crippen molar-refractivity contribution in [1.82, 2.24) is 0 Å². The van der Waals surface area contributed by atoms with E-state index in [0.717, 1.165) is 58.0 Å². The summed E-state index contributed by atoms with van der Waals surface area (Å²) in [5.41, 5.74) is 0.232. The van der Waals surface area contributed by atoms with Gasteiger partial charge >= 0.3 is 0 Å². The van der Waals surface area contributed by atoms with Crippen molar-refractivity contribution in [2.45, 2.75) is 227 Å². The highest BCUT2D eigenvalue weighted by atomic mass is 16.8. The molecule has 71 heavy (non-hydrogen) atoms. The van der Waals surface area contributed by atoms with Gasteiger partial charge in [0.15, 0.2) is 30.9 Å². The number of rotatable bonds is 10. The largest absolute Gasteiger partial charge is 0.394 e. The second kappa shape index (κ2) is 20.2. The second-order valence-electron chi connectivity index (χ2n) is 24.2. The van der Waals surface area contributed by atoms with Crippen molar-refractivity contribution in [3.8, 4) is 0 Å². The van der Waals surface area contributed by atoms with Crippen LogP contribution in [0.1, 0.15) is 98.8 Å². The molecular formula is C50H82O21. The van der Waals surface area contributed by atoms with Gasteiger partial charge in [-0.3, -0.25) is 0 Å². The summed E-state index contributed by atoms with van der Waals surface area (Å²) in [4.78, 5) is 0. The molecule has 6 saturated heterocycles.